The molecule has 0 bridgehead atoms. The Labute approximate surface area is 127 Å². The second kappa shape index (κ2) is 7.41. The highest BCUT2D eigenvalue weighted by molar-refractivity contribution is 5.93. The Morgan fingerprint density at radius 1 is 1.43 bits per heavy atom. The van der Waals surface area contributed by atoms with Crippen LogP contribution in [0.3, 0.4) is 0 Å². The second-order valence-electron chi connectivity index (χ2n) is 5.76. The molecule has 21 heavy (non-hydrogen) atoms. The van der Waals surface area contributed by atoms with E-state index in [0.717, 1.165) is 25.5 Å². The van der Waals surface area contributed by atoms with Crippen molar-refractivity contribution in [1.29, 1.82) is 0 Å². The van der Waals surface area contributed by atoms with Crippen LogP contribution in [0.25, 0.3) is 0 Å². The summed E-state index contributed by atoms with van der Waals surface area (Å²) in [6.45, 7) is 5.17. The van der Waals surface area contributed by atoms with Crippen LogP contribution in [0.2, 0.25) is 0 Å². The number of likely N-dealkylation sites (N-methyl/N-ethyl adjacent to an activating group) is 1. The van der Waals surface area contributed by atoms with Crippen LogP contribution < -0.4 is 10.2 Å². The van der Waals surface area contributed by atoms with E-state index in [0.29, 0.717) is 11.6 Å². The molecule has 2 rings (SSSR count). The maximum Gasteiger partial charge on any atom is 0.254 e. The largest absolute Gasteiger partial charge is 0.352 e. The van der Waals surface area contributed by atoms with E-state index in [-0.39, 0.29) is 5.91 Å². The van der Waals surface area contributed by atoms with Gasteiger partial charge >= 0.3 is 0 Å². The molecule has 1 aromatic rings. The van der Waals surface area contributed by atoms with Crippen LogP contribution in [0.4, 0.5) is 5.82 Å². The van der Waals surface area contributed by atoms with Gasteiger partial charge in [-0.2, -0.15) is 0 Å². The van der Waals surface area contributed by atoms with Crippen LogP contribution in [-0.2, 0) is 0 Å². The maximum atomic E-state index is 11.9. The third-order valence-corrected chi connectivity index (χ3v) is 3.95. The second-order valence-corrected chi connectivity index (χ2v) is 5.76. The van der Waals surface area contributed by atoms with Crippen LogP contribution in [0.5, 0.6) is 0 Å². The minimum atomic E-state index is -0.00288. The van der Waals surface area contributed by atoms with Gasteiger partial charge in [-0.3, -0.25) is 4.79 Å². The highest BCUT2D eigenvalue weighted by Crippen LogP contribution is 2.23. The predicted molar refractivity (Wildman–Crippen MR) is 85.8 cm³/mol. The predicted octanol–water partition coefficient (Wildman–Crippen LogP) is 1.75. The number of nitrogens with one attached hydrogen (secondary N) is 1. The van der Waals surface area contributed by atoms with Crippen molar-refractivity contribution in [3.05, 3.63) is 23.9 Å². The van der Waals surface area contributed by atoms with Gasteiger partial charge in [0.15, 0.2) is 0 Å². The molecule has 1 amide bonds. The molecule has 0 spiro atoms. The number of piperidine rings is 1. The van der Waals surface area contributed by atoms with Gasteiger partial charge < -0.3 is 15.1 Å². The Morgan fingerprint density at radius 2 is 2.24 bits per heavy atom. The average molecular weight is 290 g/mol. The van der Waals surface area contributed by atoms with Crippen LogP contribution in [0.1, 0.15) is 36.5 Å². The van der Waals surface area contributed by atoms with Crippen molar-refractivity contribution in [1.82, 2.24) is 15.2 Å². The summed E-state index contributed by atoms with van der Waals surface area (Å²) < 4.78 is 0. The Balaban J connectivity index is 2.10. The van der Waals surface area contributed by atoms with Crippen molar-refractivity contribution in [3.63, 3.8) is 0 Å². The topological polar surface area (TPSA) is 48.5 Å². The van der Waals surface area contributed by atoms with E-state index >= 15 is 0 Å². The van der Waals surface area contributed by atoms with Crippen molar-refractivity contribution in [2.24, 2.45) is 0 Å². The number of aromatic nitrogens is 1. The fourth-order valence-electron chi connectivity index (χ4n) is 2.77. The van der Waals surface area contributed by atoms with Gasteiger partial charge in [0.05, 0.1) is 5.56 Å². The molecule has 1 aliphatic rings. The van der Waals surface area contributed by atoms with Gasteiger partial charge in [0, 0.05) is 39.4 Å². The first-order valence-corrected chi connectivity index (χ1v) is 7.78. The molecule has 0 saturated carbocycles. The lowest BCUT2D eigenvalue weighted by Crippen LogP contribution is -2.46. The molecular weight excluding hydrogens is 264 g/mol. The van der Waals surface area contributed by atoms with Gasteiger partial charge in [-0.05, 0) is 37.9 Å². The highest BCUT2D eigenvalue weighted by atomic mass is 16.2. The third kappa shape index (κ3) is 3.94. The molecule has 5 nitrogen and oxygen atoms in total. The summed E-state index contributed by atoms with van der Waals surface area (Å²) in [5.41, 5.74) is 0.643. The van der Waals surface area contributed by atoms with Crippen molar-refractivity contribution < 1.29 is 4.79 Å². The van der Waals surface area contributed by atoms with E-state index in [1.165, 1.54) is 19.3 Å². The van der Waals surface area contributed by atoms with Gasteiger partial charge in [0.2, 0.25) is 0 Å². The lowest BCUT2D eigenvalue weighted by Gasteiger charge is -2.37. The maximum absolute atomic E-state index is 11.9. The Morgan fingerprint density at radius 3 is 2.86 bits per heavy atom. The van der Waals surface area contributed by atoms with E-state index in [9.17, 15) is 4.79 Å². The number of carbonyl (C=O) groups excluding carboxylic acids is 1. The Hall–Kier alpha value is -1.62. The smallest absolute Gasteiger partial charge is 0.254 e. The molecule has 1 saturated heterocycles. The van der Waals surface area contributed by atoms with Gasteiger partial charge in [-0.1, -0.05) is 6.92 Å². The first kappa shape index (κ1) is 15.8. The summed E-state index contributed by atoms with van der Waals surface area (Å²) in [5, 5.41) is 3.43. The van der Waals surface area contributed by atoms with E-state index < -0.39 is 0 Å². The zero-order chi connectivity index (χ0) is 15.2. The van der Waals surface area contributed by atoms with E-state index in [2.05, 4.69) is 22.1 Å². The van der Waals surface area contributed by atoms with Crippen LogP contribution in [0.15, 0.2) is 18.3 Å². The summed E-state index contributed by atoms with van der Waals surface area (Å²) in [4.78, 5) is 20.4. The zero-order valence-electron chi connectivity index (χ0n) is 13.3. The van der Waals surface area contributed by atoms with Gasteiger partial charge in [-0.15, -0.1) is 0 Å². The summed E-state index contributed by atoms with van der Waals surface area (Å²) in [7, 11) is 3.51. The standard InChI is InChI=1S/C16H26N4O/c1-4-17-12-14-7-5-6-10-20(14)15-9-8-13(11-18-15)16(21)19(2)3/h8-9,11,14,17H,4-7,10,12H2,1-3H3. The van der Waals surface area contributed by atoms with Crippen LogP contribution >= 0.6 is 0 Å². The number of anilines is 1. The normalized spacial score (nSPS) is 18.6. The van der Waals surface area contributed by atoms with Gasteiger partial charge in [-0.25, -0.2) is 4.98 Å². The molecular formula is C16H26N4O. The number of pyridine rings is 1. The van der Waals surface area contributed by atoms with Gasteiger partial charge in [0.25, 0.3) is 5.91 Å². The summed E-state index contributed by atoms with van der Waals surface area (Å²) >= 11 is 0. The van der Waals surface area contributed by atoms with Crippen LogP contribution in [-0.4, -0.2) is 55.6 Å². The molecule has 1 N–H and O–H groups in total. The van der Waals surface area contributed by atoms with Gasteiger partial charge in [0.1, 0.15) is 5.82 Å². The summed E-state index contributed by atoms with van der Waals surface area (Å²) in [6, 6.07) is 4.35. The zero-order valence-corrected chi connectivity index (χ0v) is 13.3. The Kier molecular flexibility index (Phi) is 5.56. The van der Waals surface area contributed by atoms with E-state index in [4.69, 9.17) is 0 Å². The number of amides is 1. The molecule has 1 aromatic heterocycles. The summed E-state index contributed by atoms with van der Waals surface area (Å²) in [5.74, 6) is 0.977. The minimum absolute atomic E-state index is 0.00288. The SMILES string of the molecule is CCNCC1CCCCN1c1ccc(C(=O)N(C)C)cn1. The fourth-order valence-corrected chi connectivity index (χ4v) is 2.77. The number of hydrogen-bond donors (Lipinski definition) is 1. The van der Waals surface area contributed by atoms with Crippen molar-refractivity contribution in [2.75, 3.05) is 38.6 Å². The molecule has 116 valence electrons. The molecule has 0 aliphatic carbocycles. The molecule has 2 heterocycles. The lowest BCUT2D eigenvalue weighted by molar-refractivity contribution is 0.0827. The molecule has 1 fully saturated rings. The number of rotatable bonds is 5. The average Bonchev–Trinajstić information content (AvgIpc) is 2.52. The Bertz CT molecular complexity index is 458. The van der Waals surface area contributed by atoms with Crippen molar-refractivity contribution in [3.8, 4) is 0 Å². The molecule has 1 atom stereocenters. The minimum Gasteiger partial charge on any atom is -0.352 e. The van der Waals surface area contributed by atoms with Crippen molar-refractivity contribution in [2.45, 2.75) is 32.2 Å². The molecule has 1 unspecified atom stereocenters. The lowest BCUT2D eigenvalue weighted by atomic mass is 10.0. The first-order chi connectivity index (χ1) is 10.1. The van der Waals surface area contributed by atoms with E-state index in [1.54, 1.807) is 25.2 Å². The van der Waals surface area contributed by atoms with Crippen LogP contribution in [0, 0.1) is 0 Å². The molecule has 0 radical (unpaired) electrons. The van der Waals surface area contributed by atoms with Crippen molar-refractivity contribution >= 4 is 11.7 Å². The van der Waals surface area contributed by atoms with E-state index in [1.807, 2.05) is 12.1 Å². The molecule has 5 heteroatoms. The number of nitrogens with zero attached hydrogens (tertiary/aromatic N) is 3. The number of hydrogen-bond acceptors (Lipinski definition) is 4. The number of carbonyl (C=O) groups is 1. The quantitative estimate of drug-likeness (QED) is 0.897. The monoisotopic (exact) mass is 290 g/mol. The highest BCUT2D eigenvalue weighted by Gasteiger charge is 2.23. The molecule has 0 aromatic carbocycles. The summed E-state index contributed by atoms with van der Waals surface area (Å²) in [6.07, 6.45) is 5.39. The first-order valence-electron chi connectivity index (χ1n) is 7.78. The molecule has 1 aliphatic heterocycles. The third-order valence-electron chi connectivity index (χ3n) is 3.95. The fraction of sp³-hybridized carbons (Fsp3) is 0.625.